The van der Waals surface area contributed by atoms with Crippen molar-refractivity contribution in [3.63, 3.8) is 0 Å². The van der Waals surface area contributed by atoms with Gasteiger partial charge in [-0.3, -0.25) is 9.59 Å². The molecule has 0 aliphatic carbocycles. The fraction of sp³-hybridized carbons (Fsp3) is 0.333. The van der Waals surface area contributed by atoms with Gasteiger partial charge in [0.05, 0.1) is 5.75 Å². The van der Waals surface area contributed by atoms with Crippen LogP contribution in [0.25, 0.3) is 0 Å². The number of carbonyl (C=O) groups is 2. The van der Waals surface area contributed by atoms with Crippen LogP contribution in [0.15, 0.2) is 83.3 Å². The molecule has 4 nitrogen and oxygen atoms in total. The lowest BCUT2D eigenvalue weighted by Crippen LogP contribution is -2.52. The van der Waals surface area contributed by atoms with Gasteiger partial charge in [-0.25, -0.2) is 0 Å². The maximum atomic E-state index is 13.7. The smallest absolute Gasteiger partial charge is 0.243 e. The van der Waals surface area contributed by atoms with Gasteiger partial charge in [0.25, 0.3) is 0 Å². The summed E-state index contributed by atoms with van der Waals surface area (Å²) in [6, 6.07) is 25.7. The Morgan fingerprint density at radius 3 is 2.31 bits per heavy atom. The standard InChI is InChI=1S/C30H35BrN2O2S/c1-4-23(3)32-30(35)28(18-24-10-6-5-7-11-24)33(19-26-12-8-9-22(2)17-26)29(34)21-36-20-25-13-15-27(31)16-14-25/h5-17,23,28H,4,18-21H2,1-3H3,(H,32,35)/t23-,28+/m1/s1. The molecule has 0 fully saturated rings. The van der Waals surface area contributed by atoms with Crippen molar-refractivity contribution in [3.05, 3.63) is 106 Å². The summed E-state index contributed by atoms with van der Waals surface area (Å²) in [5.74, 6) is 0.912. The second kappa shape index (κ2) is 14.2. The summed E-state index contributed by atoms with van der Waals surface area (Å²) >= 11 is 5.04. The molecular weight excluding hydrogens is 532 g/mol. The number of halogens is 1. The number of nitrogens with zero attached hydrogens (tertiary/aromatic N) is 1. The lowest BCUT2D eigenvalue weighted by Gasteiger charge is -2.32. The number of nitrogens with one attached hydrogen (secondary N) is 1. The highest BCUT2D eigenvalue weighted by molar-refractivity contribution is 9.10. The summed E-state index contributed by atoms with van der Waals surface area (Å²) < 4.78 is 1.03. The highest BCUT2D eigenvalue weighted by atomic mass is 79.9. The average molecular weight is 568 g/mol. The molecule has 0 aliphatic heterocycles. The van der Waals surface area contributed by atoms with Crippen molar-refractivity contribution in [1.29, 1.82) is 0 Å². The first-order valence-corrected chi connectivity index (χ1v) is 14.3. The second-order valence-electron chi connectivity index (χ2n) is 9.15. The monoisotopic (exact) mass is 566 g/mol. The number of carbonyl (C=O) groups excluding carboxylic acids is 2. The molecule has 0 aliphatic rings. The Hall–Kier alpha value is -2.57. The molecule has 1 N–H and O–H groups in total. The molecule has 0 saturated carbocycles. The molecule has 36 heavy (non-hydrogen) atoms. The third kappa shape index (κ3) is 8.82. The molecule has 0 unspecified atom stereocenters. The van der Waals surface area contributed by atoms with Gasteiger partial charge in [0.1, 0.15) is 6.04 Å². The van der Waals surface area contributed by atoms with E-state index in [4.69, 9.17) is 0 Å². The van der Waals surface area contributed by atoms with E-state index >= 15 is 0 Å². The second-order valence-corrected chi connectivity index (χ2v) is 11.1. The van der Waals surface area contributed by atoms with Crippen LogP contribution < -0.4 is 5.32 Å². The van der Waals surface area contributed by atoms with Crippen LogP contribution in [0.3, 0.4) is 0 Å². The van der Waals surface area contributed by atoms with Crippen LogP contribution in [-0.2, 0) is 28.3 Å². The van der Waals surface area contributed by atoms with E-state index in [2.05, 4.69) is 39.4 Å². The Morgan fingerprint density at radius 2 is 1.64 bits per heavy atom. The zero-order valence-corrected chi connectivity index (χ0v) is 23.6. The molecule has 0 aromatic heterocycles. The van der Waals surface area contributed by atoms with Crippen molar-refractivity contribution in [3.8, 4) is 0 Å². The molecule has 0 spiro atoms. The molecule has 0 saturated heterocycles. The topological polar surface area (TPSA) is 49.4 Å². The van der Waals surface area contributed by atoms with Crippen LogP contribution in [0, 0.1) is 6.92 Å². The van der Waals surface area contributed by atoms with Crippen LogP contribution in [-0.4, -0.2) is 34.6 Å². The summed E-state index contributed by atoms with van der Waals surface area (Å²) in [5, 5.41) is 3.13. The Labute approximate surface area is 228 Å². The van der Waals surface area contributed by atoms with Gasteiger partial charge in [-0.1, -0.05) is 95.1 Å². The van der Waals surface area contributed by atoms with Crippen molar-refractivity contribution in [2.75, 3.05) is 5.75 Å². The van der Waals surface area contributed by atoms with Gasteiger partial charge in [0.2, 0.25) is 11.8 Å². The molecule has 3 rings (SSSR count). The number of aryl methyl sites for hydroxylation is 1. The summed E-state index contributed by atoms with van der Waals surface area (Å²) in [6.07, 6.45) is 1.30. The van der Waals surface area contributed by atoms with Crippen LogP contribution in [0.1, 0.15) is 42.5 Å². The van der Waals surface area contributed by atoms with E-state index in [9.17, 15) is 9.59 Å². The summed E-state index contributed by atoms with van der Waals surface area (Å²) in [4.78, 5) is 29.0. The van der Waals surface area contributed by atoms with E-state index in [1.807, 2.05) is 81.4 Å². The SMILES string of the molecule is CC[C@@H](C)NC(=O)[C@H](Cc1ccccc1)N(Cc1cccc(C)c1)C(=O)CSCc1ccc(Br)cc1. The van der Waals surface area contributed by atoms with E-state index in [0.717, 1.165) is 38.9 Å². The van der Waals surface area contributed by atoms with Gasteiger partial charge in [-0.2, -0.15) is 0 Å². The molecule has 6 heteroatoms. The molecule has 0 radical (unpaired) electrons. The molecule has 2 amide bonds. The minimum absolute atomic E-state index is 0.0288. The van der Waals surface area contributed by atoms with Crippen LogP contribution in [0.4, 0.5) is 0 Å². The van der Waals surface area contributed by atoms with Crippen molar-refractivity contribution >= 4 is 39.5 Å². The van der Waals surface area contributed by atoms with E-state index in [1.165, 1.54) is 0 Å². The Bertz CT molecular complexity index is 1120. The Balaban J connectivity index is 1.85. The van der Waals surface area contributed by atoms with Gasteiger partial charge in [0.15, 0.2) is 0 Å². The number of thioether (sulfide) groups is 1. The number of benzene rings is 3. The van der Waals surface area contributed by atoms with Crippen molar-refractivity contribution < 1.29 is 9.59 Å². The molecule has 3 aromatic carbocycles. The zero-order chi connectivity index (χ0) is 25.9. The molecule has 190 valence electrons. The van der Waals surface area contributed by atoms with Gasteiger partial charge in [-0.15, -0.1) is 11.8 Å². The fourth-order valence-corrected chi connectivity index (χ4v) is 5.06. The molecule has 2 atom stereocenters. The normalized spacial score (nSPS) is 12.6. The number of rotatable bonds is 12. The zero-order valence-electron chi connectivity index (χ0n) is 21.2. The Morgan fingerprint density at radius 1 is 0.944 bits per heavy atom. The third-order valence-corrected chi connectivity index (χ3v) is 7.63. The van der Waals surface area contributed by atoms with Gasteiger partial charge in [0, 0.05) is 29.2 Å². The van der Waals surface area contributed by atoms with E-state index in [1.54, 1.807) is 16.7 Å². The first kappa shape index (κ1) is 28.0. The maximum absolute atomic E-state index is 13.7. The predicted octanol–water partition coefficient (Wildman–Crippen LogP) is 6.55. The largest absolute Gasteiger partial charge is 0.352 e. The van der Waals surface area contributed by atoms with Crippen LogP contribution in [0.2, 0.25) is 0 Å². The molecular formula is C30H35BrN2O2S. The lowest BCUT2D eigenvalue weighted by molar-refractivity contribution is -0.139. The lowest BCUT2D eigenvalue weighted by atomic mass is 10.0. The predicted molar refractivity (Wildman–Crippen MR) is 154 cm³/mol. The minimum Gasteiger partial charge on any atom is -0.352 e. The van der Waals surface area contributed by atoms with Crippen molar-refractivity contribution in [2.45, 2.75) is 58.0 Å². The summed E-state index contributed by atoms with van der Waals surface area (Å²) in [7, 11) is 0. The molecule has 0 heterocycles. The quantitative estimate of drug-likeness (QED) is 0.270. The van der Waals surface area contributed by atoms with E-state index in [0.29, 0.717) is 18.7 Å². The number of amides is 2. The fourth-order valence-electron chi connectivity index (χ4n) is 3.92. The average Bonchev–Trinajstić information content (AvgIpc) is 2.87. The van der Waals surface area contributed by atoms with Gasteiger partial charge < -0.3 is 10.2 Å². The summed E-state index contributed by atoms with van der Waals surface area (Å²) in [6.45, 7) is 6.48. The van der Waals surface area contributed by atoms with Gasteiger partial charge >= 0.3 is 0 Å². The Kier molecular flexibility index (Phi) is 11.1. The van der Waals surface area contributed by atoms with Crippen molar-refractivity contribution in [2.24, 2.45) is 0 Å². The minimum atomic E-state index is -0.595. The molecule has 3 aromatic rings. The third-order valence-electron chi connectivity index (χ3n) is 6.12. The first-order valence-electron chi connectivity index (χ1n) is 12.4. The van der Waals surface area contributed by atoms with Gasteiger partial charge in [-0.05, 0) is 49.1 Å². The highest BCUT2D eigenvalue weighted by Crippen LogP contribution is 2.20. The van der Waals surface area contributed by atoms with Crippen LogP contribution >= 0.6 is 27.7 Å². The van der Waals surface area contributed by atoms with Crippen LogP contribution in [0.5, 0.6) is 0 Å². The van der Waals surface area contributed by atoms with E-state index < -0.39 is 6.04 Å². The first-order chi connectivity index (χ1) is 17.4. The maximum Gasteiger partial charge on any atom is 0.243 e. The number of hydrogen-bond donors (Lipinski definition) is 1. The highest BCUT2D eigenvalue weighted by Gasteiger charge is 2.30. The number of hydrogen-bond acceptors (Lipinski definition) is 3. The van der Waals surface area contributed by atoms with E-state index in [-0.39, 0.29) is 17.9 Å². The molecule has 0 bridgehead atoms. The summed E-state index contributed by atoms with van der Waals surface area (Å²) in [5.41, 5.74) is 4.35. The van der Waals surface area contributed by atoms with Crippen molar-refractivity contribution in [1.82, 2.24) is 10.2 Å².